The topological polar surface area (TPSA) is 66.8 Å². The Hall–Kier alpha value is -3.53. The largest absolute Gasteiger partial charge is 0.507 e. The molecule has 30 heavy (non-hydrogen) atoms. The summed E-state index contributed by atoms with van der Waals surface area (Å²) >= 11 is 0. The highest BCUT2D eigenvalue weighted by Gasteiger charge is 2.24. The van der Waals surface area contributed by atoms with Crippen LogP contribution in [-0.4, -0.2) is 23.3 Å². The molecule has 0 amide bonds. The van der Waals surface area contributed by atoms with E-state index in [9.17, 15) is 15.0 Å². The number of esters is 1. The summed E-state index contributed by atoms with van der Waals surface area (Å²) < 4.78 is 4.91. The molecule has 2 N–H and O–H groups in total. The van der Waals surface area contributed by atoms with Crippen molar-refractivity contribution in [1.82, 2.24) is 0 Å². The minimum Gasteiger partial charge on any atom is -0.507 e. The quantitative estimate of drug-likeness (QED) is 0.396. The molecule has 0 saturated heterocycles. The van der Waals surface area contributed by atoms with Gasteiger partial charge in [-0.2, -0.15) is 0 Å². The van der Waals surface area contributed by atoms with Crippen LogP contribution in [0.15, 0.2) is 60.7 Å². The SMILES string of the molecule is COC(=O)c1cc2cc(C(C)(C)C)ccc2c(-c2c(O)ccc3ccccc23)c1O. The van der Waals surface area contributed by atoms with Gasteiger partial charge in [0.2, 0.25) is 0 Å². The lowest BCUT2D eigenvalue weighted by molar-refractivity contribution is 0.0597. The lowest BCUT2D eigenvalue weighted by Crippen LogP contribution is -2.11. The van der Waals surface area contributed by atoms with E-state index in [2.05, 4.69) is 20.8 Å². The Morgan fingerprint density at radius 2 is 1.53 bits per heavy atom. The number of aromatic hydroxyl groups is 2. The van der Waals surface area contributed by atoms with Crippen molar-refractivity contribution in [1.29, 1.82) is 0 Å². The summed E-state index contributed by atoms with van der Waals surface area (Å²) in [6.45, 7) is 6.35. The Kier molecular flexibility index (Phi) is 4.65. The predicted octanol–water partition coefficient (Wildman–Crippen LogP) is 6.16. The van der Waals surface area contributed by atoms with Gasteiger partial charge in [-0.1, -0.05) is 69.3 Å². The Labute approximate surface area is 175 Å². The number of phenolic OH excluding ortho intramolecular Hbond substituents is 2. The molecule has 0 aliphatic carbocycles. The first-order valence-electron chi connectivity index (χ1n) is 9.82. The van der Waals surface area contributed by atoms with Crippen molar-refractivity contribution in [3.05, 3.63) is 71.8 Å². The van der Waals surface area contributed by atoms with Crippen molar-refractivity contribution in [2.45, 2.75) is 26.2 Å². The smallest absolute Gasteiger partial charge is 0.341 e. The minimum atomic E-state index is -0.628. The molecule has 0 aliphatic rings. The standard InChI is InChI=1S/C26H24O4/c1-26(2,3)17-10-11-19-16(13-17)14-20(25(29)30-4)24(28)23(19)22-18-8-6-5-7-15(18)9-12-21(22)27/h5-14,27-28H,1-4H3. The molecule has 0 radical (unpaired) electrons. The predicted molar refractivity (Wildman–Crippen MR) is 120 cm³/mol. The highest BCUT2D eigenvalue weighted by Crippen LogP contribution is 2.46. The first-order chi connectivity index (χ1) is 14.2. The third kappa shape index (κ3) is 3.14. The monoisotopic (exact) mass is 400 g/mol. The van der Waals surface area contributed by atoms with Gasteiger partial charge < -0.3 is 14.9 Å². The highest BCUT2D eigenvalue weighted by molar-refractivity contribution is 6.13. The van der Waals surface area contributed by atoms with Gasteiger partial charge >= 0.3 is 5.97 Å². The summed E-state index contributed by atoms with van der Waals surface area (Å²) in [7, 11) is 1.28. The Bertz CT molecular complexity index is 1300. The molecule has 0 aliphatic heterocycles. The van der Waals surface area contributed by atoms with E-state index in [0.717, 1.165) is 27.1 Å². The van der Waals surface area contributed by atoms with Gasteiger partial charge in [-0.3, -0.25) is 0 Å². The third-order valence-electron chi connectivity index (χ3n) is 5.54. The van der Waals surface area contributed by atoms with Crippen molar-refractivity contribution in [2.24, 2.45) is 0 Å². The number of methoxy groups -OCH3 is 1. The van der Waals surface area contributed by atoms with Crippen molar-refractivity contribution in [3.63, 3.8) is 0 Å². The Balaban J connectivity index is 2.18. The van der Waals surface area contributed by atoms with Crippen LogP contribution < -0.4 is 0 Å². The molecule has 0 atom stereocenters. The van der Waals surface area contributed by atoms with Crippen LogP contribution in [0.2, 0.25) is 0 Å². The van der Waals surface area contributed by atoms with Crippen molar-refractivity contribution < 1.29 is 19.7 Å². The fourth-order valence-electron chi connectivity index (χ4n) is 3.90. The average molecular weight is 400 g/mol. The fourth-order valence-corrected chi connectivity index (χ4v) is 3.90. The van der Waals surface area contributed by atoms with Crippen LogP contribution in [0.25, 0.3) is 32.7 Å². The summed E-state index contributed by atoms with van der Waals surface area (Å²) in [5.74, 6) is -0.798. The zero-order valence-corrected chi connectivity index (χ0v) is 17.5. The normalized spacial score (nSPS) is 11.7. The van der Waals surface area contributed by atoms with Gasteiger partial charge in [0, 0.05) is 11.1 Å². The van der Waals surface area contributed by atoms with Crippen LogP contribution >= 0.6 is 0 Å². The van der Waals surface area contributed by atoms with Crippen LogP contribution in [0.5, 0.6) is 11.5 Å². The molecule has 152 valence electrons. The molecule has 4 aromatic carbocycles. The van der Waals surface area contributed by atoms with E-state index in [4.69, 9.17) is 4.74 Å². The molecular formula is C26H24O4. The lowest BCUT2D eigenvalue weighted by atomic mass is 9.84. The van der Waals surface area contributed by atoms with Crippen LogP contribution in [0.1, 0.15) is 36.7 Å². The second-order valence-corrected chi connectivity index (χ2v) is 8.51. The number of benzene rings is 4. The van der Waals surface area contributed by atoms with Gasteiger partial charge in [-0.05, 0) is 44.7 Å². The number of hydrogen-bond acceptors (Lipinski definition) is 4. The molecule has 0 fully saturated rings. The van der Waals surface area contributed by atoms with Crippen LogP contribution in [-0.2, 0) is 10.2 Å². The number of ether oxygens (including phenoxy) is 1. The fraction of sp³-hybridized carbons (Fsp3) is 0.192. The Morgan fingerprint density at radius 1 is 0.833 bits per heavy atom. The summed E-state index contributed by atoms with van der Waals surface area (Å²) in [5.41, 5.74) is 2.00. The lowest BCUT2D eigenvalue weighted by Gasteiger charge is -2.21. The molecular weight excluding hydrogens is 376 g/mol. The van der Waals surface area contributed by atoms with E-state index in [1.165, 1.54) is 7.11 Å². The second-order valence-electron chi connectivity index (χ2n) is 8.51. The van der Waals surface area contributed by atoms with Gasteiger partial charge in [0.25, 0.3) is 0 Å². The van der Waals surface area contributed by atoms with E-state index in [0.29, 0.717) is 11.1 Å². The van der Waals surface area contributed by atoms with E-state index < -0.39 is 5.97 Å². The zero-order valence-electron chi connectivity index (χ0n) is 17.5. The van der Waals surface area contributed by atoms with Gasteiger partial charge in [0.15, 0.2) is 0 Å². The molecule has 0 unspecified atom stereocenters. The highest BCUT2D eigenvalue weighted by atomic mass is 16.5. The van der Waals surface area contributed by atoms with Gasteiger partial charge in [-0.25, -0.2) is 4.79 Å². The third-order valence-corrected chi connectivity index (χ3v) is 5.54. The number of phenols is 2. The molecule has 4 aromatic rings. The molecule has 0 aromatic heterocycles. The first kappa shape index (κ1) is 19.8. The van der Waals surface area contributed by atoms with Gasteiger partial charge in [0.05, 0.1) is 7.11 Å². The number of fused-ring (bicyclic) bond motifs is 2. The van der Waals surface area contributed by atoms with E-state index in [1.807, 2.05) is 48.5 Å². The summed E-state index contributed by atoms with van der Waals surface area (Å²) in [6, 6.07) is 18.7. The number of carbonyl (C=O) groups is 1. The van der Waals surface area contributed by atoms with Crippen molar-refractivity contribution in [3.8, 4) is 22.6 Å². The maximum Gasteiger partial charge on any atom is 0.341 e. The molecule has 4 rings (SSSR count). The molecule has 4 heteroatoms. The maximum atomic E-state index is 12.4. The number of rotatable bonds is 2. The summed E-state index contributed by atoms with van der Waals surface area (Å²) in [6.07, 6.45) is 0. The van der Waals surface area contributed by atoms with E-state index >= 15 is 0 Å². The molecule has 0 bridgehead atoms. The molecule has 0 spiro atoms. The van der Waals surface area contributed by atoms with Crippen molar-refractivity contribution >= 4 is 27.5 Å². The van der Waals surface area contributed by atoms with Crippen LogP contribution in [0.4, 0.5) is 0 Å². The van der Waals surface area contributed by atoms with E-state index in [-0.39, 0.29) is 22.5 Å². The molecule has 0 heterocycles. The van der Waals surface area contributed by atoms with Gasteiger partial charge in [-0.15, -0.1) is 0 Å². The summed E-state index contributed by atoms with van der Waals surface area (Å²) in [5, 5.41) is 25.2. The van der Waals surface area contributed by atoms with Crippen LogP contribution in [0.3, 0.4) is 0 Å². The maximum absolute atomic E-state index is 12.4. The minimum absolute atomic E-state index is 0.0345. The first-order valence-corrected chi connectivity index (χ1v) is 9.82. The summed E-state index contributed by atoms with van der Waals surface area (Å²) in [4.78, 5) is 12.4. The zero-order chi connectivity index (χ0) is 21.6. The number of carbonyl (C=O) groups excluding carboxylic acids is 1. The van der Waals surface area contributed by atoms with Crippen LogP contribution in [0, 0.1) is 0 Å². The van der Waals surface area contributed by atoms with Gasteiger partial charge in [0.1, 0.15) is 17.1 Å². The van der Waals surface area contributed by atoms with Crippen molar-refractivity contribution in [2.75, 3.05) is 7.11 Å². The molecule has 0 saturated carbocycles. The number of hydrogen-bond donors (Lipinski definition) is 2. The molecule has 4 nitrogen and oxygen atoms in total. The Morgan fingerprint density at radius 3 is 2.23 bits per heavy atom. The van der Waals surface area contributed by atoms with E-state index in [1.54, 1.807) is 12.1 Å². The average Bonchev–Trinajstić information content (AvgIpc) is 2.72. The second kappa shape index (κ2) is 7.06.